The Balaban J connectivity index is 4.06. The third-order valence-electron chi connectivity index (χ3n) is 2.54. The molecule has 19 heavy (non-hydrogen) atoms. The predicted octanol–water partition coefficient (Wildman–Crippen LogP) is 0.199. The van der Waals surface area contributed by atoms with Gasteiger partial charge in [-0.1, -0.05) is 5.16 Å². The molecule has 0 unspecified atom stereocenters. The number of carbonyl (C=O) groups is 2. The number of nitrogens with two attached hydrogens (primary N) is 1. The summed E-state index contributed by atoms with van der Waals surface area (Å²) in [5.74, 6) is -1.13. The predicted molar refractivity (Wildman–Crippen MR) is 67.7 cm³/mol. The second-order valence-electron chi connectivity index (χ2n) is 4.12. The number of carboxylic acid groups (broad SMARTS) is 1. The van der Waals surface area contributed by atoms with E-state index < -0.39 is 18.0 Å². The van der Waals surface area contributed by atoms with E-state index >= 15 is 0 Å². The summed E-state index contributed by atoms with van der Waals surface area (Å²) >= 11 is 0. The number of ether oxygens (including phenoxy) is 1. The maximum absolute atomic E-state index is 10.7. The SMILES string of the molecule is CC(=O)OCN(CCCC[C@H](N)C(=O)O)C(C)=NO. The molecule has 8 heteroatoms. The Morgan fingerprint density at radius 2 is 2.00 bits per heavy atom. The number of carboxylic acids is 1. The highest BCUT2D eigenvalue weighted by molar-refractivity contribution is 5.79. The van der Waals surface area contributed by atoms with Crippen molar-refractivity contribution in [3.05, 3.63) is 0 Å². The molecule has 0 aromatic heterocycles. The first kappa shape index (κ1) is 17.2. The van der Waals surface area contributed by atoms with Crippen LogP contribution in [0.1, 0.15) is 33.1 Å². The van der Waals surface area contributed by atoms with Crippen molar-refractivity contribution in [2.75, 3.05) is 13.3 Å². The van der Waals surface area contributed by atoms with Gasteiger partial charge in [0.05, 0.1) is 0 Å². The van der Waals surface area contributed by atoms with E-state index in [0.717, 1.165) is 0 Å². The van der Waals surface area contributed by atoms with Gasteiger partial charge in [0.25, 0.3) is 0 Å². The largest absolute Gasteiger partial charge is 0.480 e. The molecule has 0 aliphatic heterocycles. The molecule has 4 N–H and O–H groups in total. The number of aliphatic carboxylic acids is 1. The zero-order valence-electron chi connectivity index (χ0n) is 11.2. The highest BCUT2D eigenvalue weighted by Crippen LogP contribution is 2.03. The lowest BCUT2D eigenvalue weighted by molar-refractivity contribution is -0.144. The van der Waals surface area contributed by atoms with Gasteiger partial charge in [-0.2, -0.15) is 0 Å². The standard InChI is InChI=1S/C11H21N3O5/c1-8(13-18)14(7-19-9(2)15)6-4-3-5-10(12)11(16)17/h10,18H,3-7,12H2,1-2H3,(H,16,17)/t10-/m0/s1. The number of carbonyl (C=O) groups excluding carboxylic acids is 1. The summed E-state index contributed by atoms with van der Waals surface area (Å²) in [6, 6.07) is -0.866. The van der Waals surface area contributed by atoms with Crippen LogP contribution in [0.4, 0.5) is 0 Å². The number of esters is 1. The number of hydrogen-bond acceptors (Lipinski definition) is 6. The number of rotatable bonds is 8. The van der Waals surface area contributed by atoms with Gasteiger partial charge in [0.15, 0.2) is 6.73 Å². The van der Waals surface area contributed by atoms with Gasteiger partial charge in [0.1, 0.15) is 11.9 Å². The van der Waals surface area contributed by atoms with E-state index in [2.05, 4.69) is 5.16 Å². The summed E-state index contributed by atoms with van der Waals surface area (Å²) in [6.45, 7) is 3.34. The molecule has 0 radical (unpaired) electrons. The summed E-state index contributed by atoms with van der Waals surface area (Å²) in [6.07, 6.45) is 1.63. The minimum Gasteiger partial charge on any atom is -0.480 e. The van der Waals surface area contributed by atoms with Crippen LogP contribution in [0.25, 0.3) is 0 Å². The maximum Gasteiger partial charge on any atom is 0.320 e. The first-order chi connectivity index (χ1) is 8.88. The lowest BCUT2D eigenvalue weighted by Crippen LogP contribution is -2.34. The monoisotopic (exact) mass is 275 g/mol. The van der Waals surface area contributed by atoms with Crippen LogP contribution in [0.15, 0.2) is 5.16 Å². The van der Waals surface area contributed by atoms with Crippen molar-refractivity contribution in [1.82, 2.24) is 4.90 Å². The third-order valence-corrected chi connectivity index (χ3v) is 2.54. The van der Waals surface area contributed by atoms with Crippen LogP contribution in [0.2, 0.25) is 0 Å². The van der Waals surface area contributed by atoms with Crippen molar-refractivity contribution in [3.8, 4) is 0 Å². The Bertz CT molecular complexity index is 332. The Morgan fingerprint density at radius 1 is 1.37 bits per heavy atom. The average molecular weight is 275 g/mol. The van der Waals surface area contributed by atoms with Crippen LogP contribution in [-0.2, 0) is 14.3 Å². The fourth-order valence-electron chi connectivity index (χ4n) is 1.34. The first-order valence-electron chi connectivity index (χ1n) is 5.93. The van der Waals surface area contributed by atoms with E-state index in [1.54, 1.807) is 11.8 Å². The molecule has 0 fully saturated rings. The average Bonchev–Trinajstić information content (AvgIpc) is 2.36. The fourth-order valence-corrected chi connectivity index (χ4v) is 1.34. The summed E-state index contributed by atoms with van der Waals surface area (Å²) < 4.78 is 4.82. The van der Waals surface area contributed by atoms with Crippen molar-refractivity contribution in [3.63, 3.8) is 0 Å². The molecule has 0 rings (SSSR count). The van der Waals surface area contributed by atoms with Crippen molar-refractivity contribution >= 4 is 17.8 Å². The fraction of sp³-hybridized carbons (Fsp3) is 0.727. The Labute approximate surface area is 111 Å². The molecule has 0 spiro atoms. The van der Waals surface area contributed by atoms with Crippen LogP contribution < -0.4 is 5.73 Å². The smallest absolute Gasteiger partial charge is 0.320 e. The van der Waals surface area contributed by atoms with Gasteiger partial charge >= 0.3 is 11.9 Å². The van der Waals surface area contributed by atoms with Crippen LogP contribution in [0.3, 0.4) is 0 Å². The number of nitrogens with zero attached hydrogens (tertiary/aromatic N) is 2. The Kier molecular flexibility index (Phi) is 8.27. The van der Waals surface area contributed by atoms with E-state index in [4.69, 9.17) is 20.8 Å². The molecule has 8 nitrogen and oxygen atoms in total. The normalized spacial score (nSPS) is 12.9. The summed E-state index contributed by atoms with van der Waals surface area (Å²) in [4.78, 5) is 22.8. The van der Waals surface area contributed by atoms with Crippen LogP contribution in [0.5, 0.6) is 0 Å². The van der Waals surface area contributed by atoms with Crippen LogP contribution in [-0.4, -0.2) is 52.3 Å². The summed E-state index contributed by atoms with van der Waals surface area (Å²) in [5.41, 5.74) is 5.37. The van der Waals surface area contributed by atoms with Gasteiger partial charge in [0, 0.05) is 13.5 Å². The molecule has 110 valence electrons. The van der Waals surface area contributed by atoms with Crippen LogP contribution in [0, 0.1) is 0 Å². The molecule has 1 atom stereocenters. The van der Waals surface area contributed by atoms with Gasteiger partial charge in [-0.05, 0) is 26.2 Å². The molecule has 0 bridgehead atoms. The third kappa shape index (κ3) is 7.98. The lowest BCUT2D eigenvalue weighted by Gasteiger charge is -2.22. The second kappa shape index (κ2) is 9.15. The Morgan fingerprint density at radius 3 is 2.47 bits per heavy atom. The van der Waals surface area contributed by atoms with Gasteiger partial charge in [0.2, 0.25) is 0 Å². The molecule has 0 amide bonds. The minimum atomic E-state index is -1.02. The zero-order chi connectivity index (χ0) is 14.8. The number of hydrogen-bond donors (Lipinski definition) is 3. The summed E-state index contributed by atoms with van der Waals surface area (Å²) in [7, 11) is 0. The number of unbranched alkanes of at least 4 members (excludes halogenated alkanes) is 1. The van der Waals surface area contributed by atoms with E-state index in [-0.39, 0.29) is 6.73 Å². The Hall–Kier alpha value is -1.83. The quantitative estimate of drug-likeness (QED) is 0.110. The molecule has 0 aromatic rings. The number of amidine groups is 1. The molecule has 0 saturated heterocycles. The van der Waals surface area contributed by atoms with Crippen molar-refractivity contribution in [1.29, 1.82) is 0 Å². The minimum absolute atomic E-state index is 0.00376. The zero-order valence-corrected chi connectivity index (χ0v) is 11.2. The van der Waals surface area contributed by atoms with Gasteiger partial charge in [-0.15, -0.1) is 0 Å². The molecule has 0 saturated carbocycles. The molecule has 0 heterocycles. The highest BCUT2D eigenvalue weighted by Gasteiger charge is 2.12. The maximum atomic E-state index is 10.7. The van der Waals surface area contributed by atoms with E-state index in [0.29, 0.717) is 31.6 Å². The van der Waals surface area contributed by atoms with Crippen LogP contribution >= 0.6 is 0 Å². The van der Waals surface area contributed by atoms with E-state index in [1.165, 1.54) is 6.92 Å². The van der Waals surface area contributed by atoms with Gasteiger partial charge < -0.3 is 25.7 Å². The topological polar surface area (TPSA) is 125 Å². The first-order valence-corrected chi connectivity index (χ1v) is 5.93. The van der Waals surface area contributed by atoms with Crippen molar-refractivity contribution in [2.45, 2.75) is 39.2 Å². The molecular weight excluding hydrogens is 254 g/mol. The van der Waals surface area contributed by atoms with Crippen molar-refractivity contribution in [2.24, 2.45) is 10.9 Å². The summed E-state index contributed by atoms with van der Waals surface area (Å²) in [5, 5.41) is 20.4. The number of oxime groups is 1. The van der Waals surface area contributed by atoms with Crippen molar-refractivity contribution < 1.29 is 24.6 Å². The second-order valence-corrected chi connectivity index (χ2v) is 4.12. The van der Waals surface area contributed by atoms with E-state index in [1.807, 2.05) is 0 Å². The molecule has 0 aliphatic carbocycles. The molecule has 0 aromatic carbocycles. The molecular formula is C11H21N3O5. The van der Waals surface area contributed by atoms with Gasteiger partial charge in [-0.3, -0.25) is 9.59 Å². The lowest BCUT2D eigenvalue weighted by atomic mass is 10.1. The van der Waals surface area contributed by atoms with Gasteiger partial charge in [-0.25, -0.2) is 0 Å². The molecule has 0 aliphatic rings. The van der Waals surface area contributed by atoms with E-state index in [9.17, 15) is 9.59 Å². The highest BCUT2D eigenvalue weighted by atomic mass is 16.5.